The molecule has 1 aromatic carbocycles. The third-order valence-corrected chi connectivity index (χ3v) is 3.50. The summed E-state index contributed by atoms with van der Waals surface area (Å²) >= 11 is 4.71. The number of thiophene rings is 1. The maximum Gasteiger partial charge on any atom is 0.365 e. The van der Waals surface area contributed by atoms with Gasteiger partial charge in [-0.15, -0.1) is 11.3 Å². The summed E-state index contributed by atoms with van der Waals surface area (Å²) in [7, 11) is 0. The minimum Gasteiger partial charge on any atom is -0.380 e. The summed E-state index contributed by atoms with van der Waals surface area (Å²) in [5.74, 6) is -0.350. The number of nitrogens with zero attached hydrogens (tertiary/aromatic N) is 1. The van der Waals surface area contributed by atoms with Crippen LogP contribution in [0.1, 0.15) is 15.2 Å². The normalized spacial score (nSPS) is 11.3. The number of carbonyl (C=O) groups excluding carboxylic acids is 1. The summed E-state index contributed by atoms with van der Waals surface area (Å²) in [5, 5.41) is 5.48. The van der Waals surface area contributed by atoms with Gasteiger partial charge in [0, 0.05) is 4.47 Å². The van der Waals surface area contributed by atoms with E-state index in [-0.39, 0.29) is 5.84 Å². The fourth-order valence-corrected chi connectivity index (χ4v) is 2.08. The van der Waals surface area contributed by atoms with Crippen molar-refractivity contribution in [3.05, 3.63) is 56.7 Å². The molecule has 0 aliphatic heterocycles. The van der Waals surface area contributed by atoms with Gasteiger partial charge in [0.2, 0.25) is 0 Å². The monoisotopic (exact) mass is 324 g/mol. The van der Waals surface area contributed by atoms with Gasteiger partial charge in [-0.1, -0.05) is 27.2 Å². The fourth-order valence-electron chi connectivity index (χ4n) is 1.20. The van der Waals surface area contributed by atoms with E-state index >= 15 is 0 Å². The number of amidine groups is 1. The summed E-state index contributed by atoms with van der Waals surface area (Å²) in [5.41, 5.74) is 6.08. The quantitative estimate of drug-likeness (QED) is 0.408. The van der Waals surface area contributed by atoms with Crippen LogP contribution in [0.3, 0.4) is 0 Å². The van der Waals surface area contributed by atoms with Gasteiger partial charge in [0.25, 0.3) is 0 Å². The molecular weight excluding hydrogens is 316 g/mol. The van der Waals surface area contributed by atoms with Crippen LogP contribution in [0.4, 0.5) is 0 Å². The first kappa shape index (κ1) is 12.8. The van der Waals surface area contributed by atoms with Crippen molar-refractivity contribution in [3.63, 3.8) is 0 Å². The summed E-state index contributed by atoms with van der Waals surface area (Å²) < 4.78 is 0.889. The van der Waals surface area contributed by atoms with Gasteiger partial charge in [-0.2, -0.15) is 0 Å². The molecule has 0 aliphatic rings. The van der Waals surface area contributed by atoms with Crippen molar-refractivity contribution in [2.75, 3.05) is 0 Å². The van der Waals surface area contributed by atoms with Gasteiger partial charge in [0.05, 0.1) is 10.4 Å². The first-order valence-corrected chi connectivity index (χ1v) is 6.68. The van der Waals surface area contributed by atoms with Crippen molar-refractivity contribution in [1.82, 2.24) is 0 Å². The molecule has 0 bridgehead atoms. The molecule has 6 heteroatoms. The molecule has 0 spiro atoms. The predicted molar refractivity (Wildman–Crippen MR) is 74.6 cm³/mol. The molecule has 0 saturated carbocycles. The maximum absolute atomic E-state index is 11.6. The molecule has 0 fully saturated rings. The van der Waals surface area contributed by atoms with Crippen molar-refractivity contribution < 1.29 is 9.63 Å². The zero-order chi connectivity index (χ0) is 13.0. The topological polar surface area (TPSA) is 64.7 Å². The standard InChI is InChI=1S/C12H9BrN2O2S/c13-9-5-3-8(4-6-9)12(16)17-15-11(14)10-2-1-7-18-10/h1-7H,(H2,14,15). The lowest BCUT2D eigenvalue weighted by Crippen LogP contribution is -2.13. The smallest absolute Gasteiger partial charge is 0.365 e. The first-order valence-electron chi connectivity index (χ1n) is 5.01. The van der Waals surface area contributed by atoms with Crippen LogP contribution in [0.25, 0.3) is 0 Å². The highest BCUT2D eigenvalue weighted by atomic mass is 79.9. The van der Waals surface area contributed by atoms with E-state index < -0.39 is 5.97 Å². The van der Waals surface area contributed by atoms with E-state index in [1.807, 2.05) is 11.4 Å². The Labute approximate surface area is 116 Å². The largest absolute Gasteiger partial charge is 0.380 e. The lowest BCUT2D eigenvalue weighted by atomic mass is 10.2. The number of nitrogens with two attached hydrogens (primary N) is 1. The first-order chi connectivity index (χ1) is 8.66. The average molecular weight is 325 g/mol. The Kier molecular flexibility index (Phi) is 4.11. The number of oxime groups is 1. The van der Waals surface area contributed by atoms with Gasteiger partial charge in [-0.3, -0.25) is 0 Å². The lowest BCUT2D eigenvalue weighted by molar-refractivity contribution is 0.0516. The Hall–Kier alpha value is -1.66. The van der Waals surface area contributed by atoms with Crippen LogP contribution in [0.15, 0.2) is 51.4 Å². The Morgan fingerprint density at radius 2 is 2.00 bits per heavy atom. The molecule has 0 saturated heterocycles. The van der Waals surface area contributed by atoms with Gasteiger partial charge < -0.3 is 10.6 Å². The van der Waals surface area contributed by atoms with E-state index in [1.165, 1.54) is 11.3 Å². The molecular formula is C12H9BrN2O2S. The number of carbonyl (C=O) groups is 1. The van der Waals surface area contributed by atoms with Gasteiger partial charge in [-0.25, -0.2) is 4.79 Å². The van der Waals surface area contributed by atoms with Crippen LogP contribution in [0.5, 0.6) is 0 Å². The molecule has 0 atom stereocenters. The molecule has 2 N–H and O–H groups in total. The highest BCUT2D eigenvalue weighted by Gasteiger charge is 2.07. The molecule has 1 aromatic heterocycles. The second-order valence-corrected chi connectivity index (χ2v) is 5.20. The second kappa shape index (κ2) is 5.79. The molecule has 0 unspecified atom stereocenters. The number of rotatable bonds is 3. The van der Waals surface area contributed by atoms with E-state index in [0.29, 0.717) is 5.56 Å². The molecule has 2 rings (SSSR count). The lowest BCUT2D eigenvalue weighted by Gasteiger charge is -1.99. The van der Waals surface area contributed by atoms with Crippen LogP contribution in [-0.2, 0) is 4.84 Å². The molecule has 2 aromatic rings. The van der Waals surface area contributed by atoms with Gasteiger partial charge in [0.15, 0.2) is 5.84 Å². The molecule has 4 nitrogen and oxygen atoms in total. The molecule has 92 valence electrons. The Morgan fingerprint density at radius 3 is 2.61 bits per heavy atom. The van der Waals surface area contributed by atoms with Crippen LogP contribution < -0.4 is 5.73 Å². The van der Waals surface area contributed by atoms with E-state index in [2.05, 4.69) is 21.1 Å². The molecule has 0 radical (unpaired) electrons. The number of hydrogen-bond donors (Lipinski definition) is 1. The minimum absolute atomic E-state index is 0.190. The van der Waals surface area contributed by atoms with Crippen LogP contribution >= 0.6 is 27.3 Å². The summed E-state index contributed by atoms with van der Waals surface area (Å²) in [4.78, 5) is 17.2. The van der Waals surface area contributed by atoms with E-state index in [9.17, 15) is 4.79 Å². The van der Waals surface area contributed by atoms with Gasteiger partial charge in [-0.05, 0) is 35.7 Å². The van der Waals surface area contributed by atoms with Gasteiger partial charge >= 0.3 is 5.97 Å². The van der Waals surface area contributed by atoms with Crippen molar-refractivity contribution in [2.45, 2.75) is 0 Å². The summed E-state index contributed by atoms with van der Waals surface area (Å²) in [6, 6.07) is 10.4. The fraction of sp³-hybridized carbons (Fsp3) is 0. The second-order valence-electron chi connectivity index (χ2n) is 3.34. The number of benzene rings is 1. The highest BCUT2D eigenvalue weighted by molar-refractivity contribution is 9.10. The predicted octanol–water partition coefficient (Wildman–Crippen LogP) is 2.99. The van der Waals surface area contributed by atoms with Gasteiger partial charge in [0.1, 0.15) is 0 Å². The molecule has 1 heterocycles. The zero-order valence-corrected chi connectivity index (χ0v) is 11.6. The van der Waals surface area contributed by atoms with Crippen molar-refractivity contribution in [1.29, 1.82) is 0 Å². The Bertz CT molecular complexity index is 564. The average Bonchev–Trinajstić information content (AvgIpc) is 2.90. The third kappa shape index (κ3) is 3.18. The van der Waals surface area contributed by atoms with Crippen LogP contribution in [-0.4, -0.2) is 11.8 Å². The zero-order valence-electron chi connectivity index (χ0n) is 9.17. The highest BCUT2D eigenvalue weighted by Crippen LogP contribution is 2.12. The molecule has 18 heavy (non-hydrogen) atoms. The molecule has 0 amide bonds. The SMILES string of the molecule is N/C(=N\OC(=O)c1ccc(Br)cc1)c1cccs1. The Morgan fingerprint density at radius 1 is 1.28 bits per heavy atom. The Balaban J connectivity index is 2.04. The van der Waals surface area contributed by atoms with Crippen molar-refractivity contribution in [2.24, 2.45) is 10.9 Å². The van der Waals surface area contributed by atoms with Crippen LogP contribution in [0.2, 0.25) is 0 Å². The van der Waals surface area contributed by atoms with E-state index in [1.54, 1.807) is 30.3 Å². The van der Waals surface area contributed by atoms with Crippen molar-refractivity contribution in [3.8, 4) is 0 Å². The molecule has 0 aliphatic carbocycles. The maximum atomic E-state index is 11.6. The van der Waals surface area contributed by atoms with E-state index in [0.717, 1.165) is 9.35 Å². The minimum atomic E-state index is -0.540. The number of halogens is 1. The number of hydrogen-bond acceptors (Lipinski definition) is 4. The third-order valence-electron chi connectivity index (χ3n) is 2.08. The van der Waals surface area contributed by atoms with Crippen LogP contribution in [0, 0.1) is 0 Å². The summed E-state index contributed by atoms with van der Waals surface area (Å²) in [6.07, 6.45) is 0. The van der Waals surface area contributed by atoms with Crippen molar-refractivity contribution >= 4 is 39.1 Å². The van der Waals surface area contributed by atoms with E-state index in [4.69, 9.17) is 10.6 Å². The summed E-state index contributed by atoms with van der Waals surface area (Å²) in [6.45, 7) is 0.